The van der Waals surface area contributed by atoms with Crippen molar-refractivity contribution in [3.8, 4) is 11.5 Å². The number of carbonyl (C=O) groups excluding carboxylic acids is 1. The van der Waals surface area contributed by atoms with Gasteiger partial charge in [0, 0.05) is 30.1 Å². The van der Waals surface area contributed by atoms with Crippen LogP contribution in [0.1, 0.15) is 40.7 Å². The third-order valence-corrected chi connectivity index (χ3v) is 7.15. The summed E-state index contributed by atoms with van der Waals surface area (Å²) in [6, 6.07) is 7.67. The van der Waals surface area contributed by atoms with Crippen LogP contribution in [-0.4, -0.2) is 51.2 Å². The third kappa shape index (κ3) is 4.58. The summed E-state index contributed by atoms with van der Waals surface area (Å²) >= 11 is 0. The zero-order valence-corrected chi connectivity index (χ0v) is 19.3. The van der Waals surface area contributed by atoms with Crippen LogP contribution in [0.25, 0.3) is 0 Å². The molecule has 0 bridgehead atoms. The Kier molecular flexibility index (Phi) is 6.50. The highest BCUT2D eigenvalue weighted by Crippen LogP contribution is 2.49. The van der Waals surface area contributed by atoms with Gasteiger partial charge in [-0.1, -0.05) is 6.07 Å². The number of halogens is 4. The summed E-state index contributed by atoms with van der Waals surface area (Å²) in [6.07, 6.45) is -2.60. The molecule has 1 saturated heterocycles. The molecule has 1 aliphatic carbocycles. The molecule has 0 unspecified atom stereocenters. The van der Waals surface area contributed by atoms with Crippen LogP contribution in [-0.2, 0) is 11.6 Å². The molecule has 2 aromatic carbocycles. The molecule has 0 spiro atoms. The van der Waals surface area contributed by atoms with E-state index in [9.17, 15) is 22.4 Å². The Morgan fingerprint density at radius 2 is 1.85 bits per heavy atom. The van der Waals surface area contributed by atoms with Gasteiger partial charge in [-0.05, 0) is 68.1 Å². The fourth-order valence-corrected chi connectivity index (χ4v) is 5.60. The number of hydrogen-bond acceptors (Lipinski definition) is 4. The number of ether oxygens (including phenoxy) is 2. The van der Waals surface area contributed by atoms with Gasteiger partial charge in [0.15, 0.2) is 11.5 Å². The number of methoxy groups -OCH3 is 2. The second kappa shape index (κ2) is 9.09. The minimum Gasteiger partial charge on any atom is -0.493 e. The van der Waals surface area contributed by atoms with E-state index in [-0.39, 0.29) is 22.9 Å². The summed E-state index contributed by atoms with van der Waals surface area (Å²) in [7, 11) is 5.24. The fraction of sp³-hybridized carbons (Fsp3) is 0.480. The van der Waals surface area contributed by atoms with E-state index in [1.165, 1.54) is 0 Å². The van der Waals surface area contributed by atoms with Crippen molar-refractivity contribution < 1.29 is 31.8 Å². The van der Waals surface area contributed by atoms with Crippen molar-refractivity contribution in [3.63, 3.8) is 0 Å². The van der Waals surface area contributed by atoms with E-state index in [0.29, 0.717) is 36.5 Å². The number of rotatable bonds is 5. The molecule has 1 N–H and O–H groups in total. The lowest BCUT2D eigenvalue weighted by atomic mass is 9.63. The Labute approximate surface area is 196 Å². The lowest BCUT2D eigenvalue weighted by Crippen LogP contribution is -2.47. The summed E-state index contributed by atoms with van der Waals surface area (Å²) in [4.78, 5) is 15.0. The van der Waals surface area contributed by atoms with Crippen LogP contribution in [0.2, 0.25) is 0 Å². The number of alkyl halides is 3. The molecule has 5 nitrogen and oxygen atoms in total. The number of likely N-dealkylation sites (tertiary alicyclic amines) is 1. The summed E-state index contributed by atoms with van der Waals surface area (Å²) in [5, 5.41) is 2.84. The Bertz CT molecular complexity index is 1070. The summed E-state index contributed by atoms with van der Waals surface area (Å²) in [5.74, 6) is -0.245. The number of nitrogens with one attached hydrogen (secondary N) is 1. The predicted molar refractivity (Wildman–Crippen MR) is 119 cm³/mol. The van der Waals surface area contributed by atoms with Gasteiger partial charge in [0.05, 0.1) is 19.8 Å². The van der Waals surface area contributed by atoms with E-state index in [2.05, 4.69) is 23.3 Å². The van der Waals surface area contributed by atoms with Crippen LogP contribution >= 0.6 is 0 Å². The monoisotopic (exact) mass is 480 g/mol. The van der Waals surface area contributed by atoms with Crippen molar-refractivity contribution in [1.82, 2.24) is 10.2 Å². The van der Waals surface area contributed by atoms with Gasteiger partial charge in [0.25, 0.3) is 5.91 Å². The number of likely N-dealkylation sites (N-methyl/N-ethyl adjacent to an activating group) is 1. The molecule has 2 aliphatic rings. The molecule has 3 atom stereocenters. The molecular weight excluding hydrogens is 452 g/mol. The molecule has 2 fully saturated rings. The lowest BCUT2D eigenvalue weighted by Gasteiger charge is -2.43. The molecule has 4 rings (SSSR count). The smallest absolute Gasteiger partial charge is 0.416 e. The first-order valence-electron chi connectivity index (χ1n) is 11.2. The largest absolute Gasteiger partial charge is 0.493 e. The van der Waals surface area contributed by atoms with Crippen molar-refractivity contribution in [3.05, 3.63) is 58.9 Å². The number of nitrogens with zero attached hydrogens (tertiary/aromatic N) is 1. The van der Waals surface area contributed by atoms with E-state index in [1.807, 2.05) is 12.1 Å². The highest BCUT2D eigenvalue weighted by molar-refractivity contribution is 5.94. The van der Waals surface area contributed by atoms with Gasteiger partial charge in [0.2, 0.25) is 0 Å². The van der Waals surface area contributed by atoms with Crippen molar-refractivity contribution in [2.24, 2.45) is 5.92 Å². The molecule has 2 aromatic rings. The van der Waals surface area contributed by atoms with Crippen molar-refractivity contribution in [1.29, 1.82) is 0 Å². The highest BCUT2D eigenvalue weighted by atomic mass is 19.4. The van der Waals surface area contributed by atoms with Gasteiger partial charge in [-0.3, -0.25) is 4.79 Å². The molecule has 0 radical (unpaired) electrons. The van der Waals surface area contributed by atoms with Crippen molar-refractivity contribution >= 4 is 5.91 Å². The molecule has 1 aliphatic heterocycles. The third-order valence-electron chi connectivity index (χ3n) is 7.15. The lowest BCUT2D eigenvalue weighted by molar-refractivity contribution is -0.137. The second-order valence-corrected chi connectivity index (χ2v) is 9.29. The van der Waals surface area contributed by atoms with Gasteiger partial charge in [-0.15, -0.1) is 0 Å². The maximum atomic E-state index is 13.8. The second-order valence-electron chi connectivity index (χ2n) is 9.29. The Morgan fingerprint density at radius 3 is 2.53 bits per heavy atom. The Hall–Kier alpha value is -2.81. The molecule has 9 heteroatoms. The van der Waals surface area contributed by atoms with Gasteiger partial charge in [-0.25, -0.2) is 4.39 Å². The summed E-state index contributed by atoms with van der Waals surface area (Å²) in [5.41, 5.74) is -0.485. The highest BCUT2D eigenvalue weighted by Gasteiger charge is 2.50. The van der Waals surface area contributed by atoms with E-state index in [4.69, 9.17) is 9.47 Å². The molecular formula is C25H28F4N2O3. The number of amides is 1. The first kappa shape index (κ1) is 24.3. The van der Waals surface area contributed by atoms with Gasteiger partial charge < -0.3 is 19.7 Å². The zero-order chi connectivity index (χ0) is 24.7. The molecule has 1 saturated carbocycles. The SMILES string of the molecule is COc1ccc([C@@]23CC[C@@H](NC(=O)c4cc(F)cc(C(F)(F)F)c4)C[C@@H]2CN(C)C3)cc1OC. The van der Waals surface area contributed by atoms with E-state index in [0.717, 1.165) is 31.1 Å². The van der Waals surface area contributed by atoms with Gasteiger partial charge in [0.1, 0.15) is 5.82 Å². The molecule has 34 heavy (non-hydrogen) atoms. The average molecular weight is 481 g/mol. The normalized spacial score (nSPS) is 25.0. The Morgan fingerprint density at radius 1 is 1.12 bits per heavy atom. The number of hydrogen-bond donors (Lipinski definition) is 1. The first-order valence-corrected chi connectivity index (χ1v) is 11.2. The van der Waals surface area contributed by atoms with Crippen LogP contribution in [0.15, 0.2) is 36.4 Å². The maximum absolute atomic E-state index is 13.8. The van der Waals surface area contributed by atoms with E-state index in [1.54, 1.807) is 14.2 Å². The van der Waals surface area contributed by atoms with Gasteiger partial charge >= 0.3 is 6.18 Å². The minimum atomic E-state index is -4.73. The van der Waals surface area contributed by atoms with Crippen LogP contribution in [0.4, 0.5) is 17.6 Å². The van der Waals surface area contributed by atoms with Crippen LogP contribution in [0.5, 0.6) is 11.5 Å². The van der Waals surface area contributed by atoms with Crippen LogP contribution < -0.4 is 14.8 Å². The molecule has 1 heterocycles. The Balaban J connectivity index is 1.53. The van der Waals surface area contributed by atoms with Crippen molar-refractivity contribution in [2.45, 2.75) is 36.9 Å². The minimum absolute atomic E-state index is 0.127. The average Bonchev–Trinajstić information content (AvgIpc) is 3.13. The number of fused-ring (bicyclic) bond motifs is 1. The van der Waals surface area contributed by atoms with Crippen LogP contribution in [0.3, 0.4) is 0 Å². The number of carbonyl (C=O) groups is 1. The number of benzene rings is 2. The van der Waals surface area contributed by atoms with E-state index >= 15 is 0 Å². The topological polar surface area (TPSA) is 50.8 Å². The molecule has 0 aromatic heterocycles. The molecule has 184 valence electrons. The summed E-state index contributed by atoms with van der Waals surface area (Å²) in [6.45, 7) is 1.69. The van der Waals surface area contributed by atoms with Crippen molar-refractivity contribution in [2.75, 3.05) is 34.4 Å². The predicted octanol–water partition coefficient (Wildman–Crippen LogP) is 4.64. The molecule has 1 amide bonds. The maximum Gasteiger partial charge on any atom is 0.416 e. The summed E-state index contributed by atoms with van der Waals surface area (Å²) < 4.78 is 63.8. The van der Waals surface area contributed by atoms with Gasteiger partial charge in [-0.2, -0.15) is 13.2 Å². The quantitative estimate of drug-likeness (QED) is 0.634. The zero-order valence-electron chi connectivity index (χ0n) is 19.3. The van der Waals surface area contributed by atoms with E-state index < -0.39 is 23.5 Å². The standard InChI is InChI=1S/C25H28F4N2O3/c1-31-13-18-11-20(30-23(32)15-8-17(25(27,28)29)10-19(26)9-15)6-7-24(18,14-31)16-4-5-21(33-2)22(12-16)34-3/h4-5,8-10,12,18,20H,6-7,11,13-14H2,1-3H3,(H,30,32)/t18-,20-,24+/m1/s1. The first-order chi connectivity index (χ1) is 16.1. The fourth-order valence-electron chi connectivity index (χ4n) is 5.60. The van der Waals surface area contributed by atoms with Crippen LogP contribution in [0, 0.1) is 11.7 Å².